The maximum atomic E-state index is 11.6. The van der Waals surface area contributed by atoms with Crippen LogP contribution in [0.15, 0.2) is 47.9 Å². The van der Waals surface area contributed by atoms with Crippen molar-refractivity contribution >= 4 is 29.0 Å². The highest BCUT2D eigenvalue weighted by molar-refractivity contribution is 7.11. The van der Waals surface area contributed by atoms with Gasteiger partial charge >= 0.3 is 0 Å². The van der Waals surface area contributed by atoms with Crippen LogP contribution in [0.3, 0.4) is 0 Å². The SMILES string of the molecule is Cc1ccsc1/C=C/C(=O)Nc1ccccc1. The largest absolute Gasteiger partial charge is 0.323 e. The Labute approximate surface area is 105 Å². The Morgan fingerprint density at radius 3 is 2.65 bits per heavy atom. The lowest BCUT2D eigenvalue weighted by Crippen LogP contribution is -2.07. The highest BCUT2D eigenvalue weighted by atomic mass is 32.1. The van der Waals surface area contributed by atoms with Crippen LogP contribution >= 0.6 is 11.3 Å². The topological polar surface area (TPSA) is 29.1 Å². The summed E-state index contributed by atoms with van der Waals surface area (Å²) in [7, 11) is 0. The van der Waals surface area contributed by atoms with Crippen molar-refractivity contribution < 1.29 is 4.79 Å². The Kier molecular flexibility index (Phi) is 3.73. The van der Waals surface area contributed by atoms with Crippen LogP contribution in [0, 0.1) is 6.92 Å². The number of anilines is 1. The monoisotopic (exact) mass is 243 g/mol. The minimum Gasteiger partial charge on any atom is -0.323 e. The Balaban J connectivity index is 1.99. The third kappa shape index (κ3) is 3.29. The first-order chi connectivity index (χ1) is 8.25. The number of benzene rings is 1. The molecule has 3 heteroatoms. The van der Waals surface area contributed by atoms with Gasteiger partial charge < -0.3 is 5.32 Å². The summed E-state index contributed by atoms with van der Waals surface area (Å²) in [5, 5.41) is 4.82. The number of aryl methyl sites for hydroxylation is 1. The highest BCUT2D eigenvalue weighted by Gasteiger charge is 1.98. The Morgan fingerprint density at radius 2 is 2.00 bits per heavy atom. The van der Waals surface area contributed by atoms with Gasteiger partial charge in [0.1, 0.15) is 0 Å². The van der Waals surface area contributed by atoms with Gasteiger partial charge in [0, 0.05) is 16.6 Å². The van der Waals surface area contributed by atoms with Crippen molar-refractivity contribution in [2.24, 2.45) is 0 Å². The van der Waals surface area contributed by atoms with Crippen LogP contribution in [-0.4, -0.2) is 5.91 Å². The van der Waals surface area contributed by atoms with Crippen LogP contribution in [0.1, 0.15) is 10.4 Å². The zero-order valence-corrected chi connectivity index (χ0v) is 10.3. The average Bonchev–Trinajstić information content (AvgIpc) is 2.74. The second kappa shape index (κ2) is 5.46. The molecule has 0 fully saturated rings. The van der Waals surface area contributed by atoms with E-state index in [1.54, 1.807) is 17.4 Å². The third-order valence-electron chi connectivity index (χ3n) is 2.33. The molecule has 0 bridgehead atoms. The summed E-state index contributed by atoms with van der Waals surface area (Å²) in [5.74, 6) is -0.107. The van der Waals surface area contributed by atoms with Crippen molar-refractivity contribution in [3.8, 4) is 0 Å². The summed E-state index contributed by atoms with van der Waals surface area (Å²) in [6.45, 7) is 2.03. The second-order valence-corrected chi connectivity index (χ2v) is 4.60. The van der Waals surface area contributed by atoms with Crippen molar-refractivity contribution in [2.45, 2.75) is 6.92 Å². The first-order valence-corrected chi connectivity index (χ1v) is 6.22. The van der Waals surface area contributed by atoms with E-state index < -0.39 is 0 Å². The van der Waals surface area contributed by atoms with Gasteiger partial charge in [-0.3, -0.25) is 4.79 Å². The van der Waals surface area contributed by atoms with Crippen LogP contribution in [0.5, 0.6) is 0 Å². The van der Waals surface area contributed by atoms with Gasteiger partial charge in [-0.1, -0.05) is 18.2 Å². The Bertz CT molecular complexity index is 528. The van der Waals surface area contributed by atoms with E-state index in [-0.39, 0.29) is 5.91 Å². The van der Waals surface area contributed by atoms with Crippen molar-refractivity contribution in [2.75, 3.05) is 5.32 Å². The van der Waals surface area contributed by atoms with Crippen LogP contribution in [0.4, 0.5) is 5.69 Å². The molecule has 1 amide bonds. The number of carbonyl (C=O) groups is 1. The van der Waals surface area contributed by atoms with E-state index in [2.05, 4.69) is 5.32 Å². The summed E-state index contributed by atoms with van der Waals surface area (Å²) in [4.78, 5) is 12.7. The number of carbonyl (C=O) groups excluding carboxylic acids is 1. The van der Waals surface area contributed by atoms with E-state index in [0.29, 0.717) is 0 Å². The van der Waals surface area contributed by atoms with Gasteiger partial charge in [0.15, 0.2) is 0 Å². The number of hydrogen-bond donors (Lipinski definition) is 1. The summed E-state index contributed by atoms with van der Waals surface area (Å²) in [5.41, 5.74) is 2.00. The molecule has 0 atom stereocenters. The van der Waals surface area contributed by atoms with Crippen LogP contribution in [0.25, 0.3) is 6.08 Å². The molecule has 1 aromatic heterocycles. The molecule has 2 aromatic rings. The number of amides is 1. The molecule has 0 saturated carbocycles. The standard InChI is InChI=1S/C14H13NOS/c1-11-9-10-17-13(11)7-8-14(16)15-12-5-3-2-4-6-12/h2-10H,1H3,(H,15,16)/b8-7+. The molecule has 1 heterocycles. The lowest BCUT2D eigenvalue weighted by Gasteiger charge is -2.00. The molecular weight excluding hydrogens is 230 g/mol. The summed E-state index contributed by atoms with van der Waals surface area (Å²) < 4.78 is 0. The van der Waals surface area contributed by atoms with Crippen molar-refractivity contribution in [1.29, 1.82) is 0 Å². The average molecular weight is 243 g/mol. The van der Waals surface area contributed by atoms with Gasteiger partial charge in [0.05, 0.1) is 0 Å². The smallest absolute Gasteiger partial charge is 0.248 e. The summed E-state index contributed by atoms with van der Waals surface area (Å²) in [6, 6.07) is 11.5. The van der Waals surface area contributed by atoms with Gasteiger partial charge in [-0.2, -0.15) is 0 Å². The van der Waals surface area contributed by atoms with Crippen molar-refractivity contribution in [1.82, 2.24) is 0 Å². The lowest BCUT2D eigenvalue weighted by atomic mass is 10.2. The molecular formula is C14H13NOS. The van der Waals surface area contributed by atoms with E-state index in [9.17, 15) is 4.79 Å². The number of rotatable bonds is 3. The van der Waals surface area contributed by atoms with E-state index in [0.717, 1.165) is 10.6 Å². The zero-order valence-electron chi connectivity index (χ0n) is 9.51. The fraction of sp³-hybridized carbons (Fsp3) is 0.0714. The quantitative estimate of drug-likeness (QED) is 0.818. The zero-order chi connectivity index (χ0) is 12.1. The normalized spacial score (nSPS) is 10.6. The molecule has 17 heavy (non-hydrogen) atoms. The van der Waals surface area contributed by atoms with Crippen molar-refractivity contribution in [3.05, 3.63) is 58.3 Å². The minimum absolute atomic E-state index is 0.107. The van der Waals surface area contributed by atoms with Crippen LogP contribution in [0.2, 0.25) is 0 Å². The highest BCUT2D eigenvalue weighted by Crippen LogP contribution is 2.17. The molecule has 1 N–H and O–H groups in total. The number of hydrogen-bond acceptors (Lipinski definition) is 2. The Hall–Kier alpha value is -1.87. The molecule has 0 saturated heterocycles. The van der Waals surface area contributed by atoms with Gasteiger partial charge in [0.25, 0.3) is 0 Å². The van der Waals surface area contributed by atoms with E-state index in [1.807, 2.05) is 54.8 Å². The number of para-hydroxylation sites is 1. The number of nitrogens with one attached hydrogen (secondary N) is 1. The summed E-state index contributed by atoms with van der Waals surface area (Å²) >= 11 is 1.63. The molecule has 0 spiro atoms. The second-order valence-electron chi connectivity index (χ2n) is 3.66. The lowest BCUT2D eigenvalue weighted by molar-refractivity contribution is -0.111. The first-order valence-electron chi connectivity index (χ1n) is 5.34. The predicted molar refractivity (Wildman–Crippen MR) is 73.2 cm³/mol. The third-order valence-corrected chi connectivity index (χ3v) is 3.31. The molecule has 2 nitrogen and oxygen atoms in total. The molecule has 86 valence electrons. The van der Waals surface area contributed by atoms with Crippen molar-refractivity contribution in [3.63, 3.8) is 0 Å². The van der Waals surface area contributed by atoms with Crippen LogP contribution < -0.4 is 5.32 Å². The number of thiophene rings is 1. The minimum atomic E-state index is -0.107. The Morgan fingerprint density at radius 1 is 1.24 bits per heavy atom. The molecule has 2 rings (SSSR count). The molecule has 0 aliphatic carbocycles. The fourth-order valence-electron chi connectivity index (χ4n) is 1.41. The predicted octanol–water partition coefficient (Wildman–Crippen LogP) is 3.71. The van der Waals surface area contributed by atoms with Gasteiger partial charge in [-0.05, 0) is 42.1 Å². The van der Waals surface area contributed by atoms with E-state index >= 15 is 0 Å². The maximum Gasteiger partial charge on any atom is 0.248 e. The molecule has 0 unspecified atom stereocenters. The van der Waals surface area contributed by atoms with E-state index in [1.165, 1.54) is 5.56 Å². The molecule has 0 aliphatic rings. The van der Waals surface area contributed by atoms with Gasteiger partial charge in [-0.25, -0.2) is 0 Å². The molecule has 1 aromatic carbocycles. The van der Waals surface area contributed by atoms with E-state index in [4.69, 9.17) is 0 Å². The fourth-order valence-corrected chi connectivity index (χ4v) is 2.23. The van der Waals surface area contributed by atoms with Gasteiger partial charge in [0.2, 0.25) is 5.91 Å². The van der Waals surface area contributed by atoms with Crippen LogP contribution in [-0.2, 0) is 4.79 Å². The van der Waals surface area contributed by atoms with Gasteiger partial charge in [-0.15, -0.1) is 11.3 Å². The first kappa shape index (κ1) is 11.6. The molecule has 0 aliphatic heterocycles. The summed E-state index contributed by atoms with van der Waals surface area (Å²) in [6.07, 6.45) is 3.41. The maximum absolute atomic E-state index is 11.6. The molecule has 0 radical (unpaired) electrons.